The van der Waals surface area contributed by atoms with Crippen molar-refractivity contribution in [2.45, 2.75) is 39.2 Å². The maximum absolute atomic E-state index is 12.2. The molecule has 1 N–H and O–H groups in total. The van der Waals surface area contributed by atoms with E-state index in [1.807, 2.05) is 13.8 Å². The van der Waals surface area contributed by atoms with E-state index in [4.69, 9.17) is 0 Å². The Labute approximate surface area is 111 Å². The summed E-state index contributed by atoms with van der Waals surface area (Å²) in [6, 6.07) is 4.61. The Hall–Kier alpha value is -1.65. The number of halogens is 2. The maximum Gasteiger partial charge on any atom is 0.387 e. The molecule has 1 heterocycles. The van der Waals surface area contributed by atoms with Crippen molar-refractivity contribution in [1.82, 2.24) is 0 Å². The Kier molecular flexibility index (Phi) is 4.02. The number of carbonyl (C=O) groups excluding carboxylic acids is 1. The van der Waals surface area contributed by atoms with Gasteiger partial charge >= 0.3 is 6.61 Å². The fourth-order valence-electron chi connectivity index (χ4n) is 2.67. The molecule has 0 aromatic heterocycles. The predicted octanol–water partition coefficient (Wildman–Crippen LogP) is 3.76. The molecule has 0 saturated heterocycles. The van der Waals surface area contributed by atoms with E-state index in [-0.39, 0.29) is 23.5 Å². The average Bonchev–Trinajstić information content (AvgIpc) is 2.67. The summed E-state index contributed by atoms with van der Waals surface area (Å²) in [4.78, 5) is 12.0. The van der Waals surface area contributed by atoms with Crippen LogP contribution in [-0.2, 0) is 4.79 Å². The minimum Gasteiger partial charge on any atom is -0.435 e. The van der Waals surface area contributed by atoms with Gasteiger partial charge in [-0.2, -0.15) is 8.78 Å². The Morgan fingerprint density at radius 1 is 1.32 bits per heavy atom. The van der Waals surface area contributed by atoms with E-state index in [0.717, 1.165) is 18.4 Å². The van der Waals surface area contributed by atoms with Crippen LogP contribution in [-0.4, -0.2) is 12.5 Å². The van der Waals surface area contributed by atoms with Crippen LogP contribution in [0.3, 0.4) is 0 Å². The molecule has 0 radical (unpaired) electrons. The molecule has 5 heteroatoms. The first-order chi connectivity index (χ1) is 9.06. The van der Waals surface area contributed by atoms with Gasteiger partial charge in [0, 0.05) is 5.69 Å². The lowest BCUT2D eigenvalue weighted by atomic mass is 9.83. The number of fused-ring (bicyclic) bond motifs is 1. The molecule has 1 aromatic rings. The van der Waals surface area contributed by atoms with Gasteiger partial charge in [-0.1, -0.05) is 26.7 Å². The highest BCUT2D eigenvalue weighted by atomic mass is 19.3. The zero-order chi connectivity index (χ0) is 14.0. The second kappa shape index (κ2) is 5.55. The van der Waals surface area contributed by atoms with E-state index >= 15 is 0 Å². The van der Waals surface area contributed by atoms with Gasteiger partial charge in [-0.3, -0.25) is 4.79 Å². The summed E-state index contributed by atoms with van der Waals surface area (Å²) in [5, 5.41) is 2.80. The summed E-state index contributed by atoms with van der Waals surface area (Å²) in [5.41, 5.74) is 1.46. The number of nitrogens with one attached hydrogen (secondary N) is 1. The van der Waals surface area contributed by atoms with Crippen LogP contribution in [0.2, 0.25) is 0 Å². The lowest BCUT2D eigenvalue weighted by Crippen LogP contribution is -2.20. The fourth-order valence-corrected chi connectivity index (χ4v) is 2.67. The lowest BCUT2D eigenvalue weighted by molar-refractivity contribution is -0.118. The molecule has 0 spiro atoms. The van der Waals surface area contributed by atoms with Crippen LogP contribution in [0.1, 0.15) is 38.2 Å². The summed E-state index contributed by atoms with van der Waals surface area (Å²) >= 11 is 0. The summed E-state index contributed by atoms with van der Waals surface area (Å²) in [7, 11) is 0. The van der Waals surface area contributed by atoms with Crippen molar-refractivity contribution in [3.63, 3.8) is 0 Å². The molecule has 0 aliphatic carbocycles. The summed E-state index contributed by atoms with van der Waals surface area (Å²) < 4.78 is 28.9. The number of hydrogen-bond acceptors (Lipinski definition) is 2. The highest BCUT2D eigenvalue weighted by Crippen LogP contribution is 2.41. The van der Waals surface area contributed by atoms with Crippen LogP contribution in [0, 0.1) is 5.92 Å². The predicted molar refractivity (Wildman–Crippen MR) is 68.5 cm³/mol. The van der Waals surface area contributed by atoms with Gasteiger partial charge in [0.15, 0.2) is 0 Å². The first kappa shape index (κ1) is 13.8. The third-order valence-electron chi connectivity index (χ3n) is 3.64. The number of hydrogen-bond donors (Lipinski definition) is 1. The minimum absolute atomic E-state index is 0.0575. The lowest BCUT2D eigenvalue weighted by Gasteiger charge is -2.19. The Morgan fingerprint density at radius 2 is 2.00 bits per heavy atom. The van der Waals surface area contributed by atoms with Crippen LogP contribution < -0.4 is 10.1 Å². The number of ether oxygens (including phenoxy) is 1. The standard InChI is InChI=1S/C14H17F2NO2/c1-3-8(4-2)12-10-7-9(19-14(15)16)5-6-11(10)17-13(12)18/h5-8,12,14H,3-4H2,1-2H3,(H,17,18). The van der Waals surface area contributed by atoms with E-state index in [9.17, 15) is 13.6 Å². The van der Waals surface area contributed by atoms with Crippen molar-refractivity contribution >= 4 is 11.6 Å². The van der Waals surface area contributed by atoms with Crippen molar-refractivity contribution < 1.29 is 18.3 Å². The highest BCUT2D eigenvalue weighted by Gasteiger charge is 2.35. The van der Waals surface area contributed by atoms with Crippen molar-refractivity contribution in [3.8, 4) is 5.75 Å². The molecule has 0 saturated carbocycles. The summed E-state index contributed by atoms with van der Waals surface area (Å²) in [5.74, 6) is -0.0200. The second-order valence-electron chi connectivity index (χ2n) is 4.67. The molecule has 1 amide bonds. The zero-order valence-corrected chi connectivity index (χ0v) is 11.0. The molecule has 3 nitrogen and oxygen atoms in total. The number of amides is 1. The molecule has 0 fully saturated rings. The number of rotatable bonds is 5. The fraction of sp³-hybridized carbons (Fsp3) is 0.500. The molecule has 2 rings (SSSR count). The first-order valence-corrected chi connectivity index (χ1v) is 6.46. The van der Waals surface area contributed by atoms with Crippen LogP contribution >= 0.6 is 0 Å². The van der Waals surface area contributed by atoms with E-state index in [1.165, 1.54) is 6.07 Å². The van der Waals surface area contributed by atoms with E-state index < -0.39 is 6.61 Å². The van der Waals surface area contributed by atoms with Gasteiger partial charge in [0.25, 0.3) is 0 Å². The Bertz CT molecular complexity index is 473. The van der Waals surface area contributed by atoms with Crippen molar-refractivity contribution in [2.75, 3.05) is 5.32 Å². The molecule has 19 heavy (non-hydrogen) atoms. The summed E-state index contributed by atoms with van der Waals surface area (Å²) in [6.45, 7) is 1.20. The van der Waals surface area contributed by atoms with E-state index in [1.54, 1.807) is 12.1 Å². The zero-order valence-electron chi connectivity index (χ0n) is 11.0. The third kappa shape index (κ3) is 2.69. The maximum atomic E-state index is 12.2. The number of carbonyl (C=O) groups is 1. The topological polar surface area (TPSA) is 38.3 Å². The van der Waals surface area contributed by atoms with Crippen LogP contribution in [0.25, 0.3) is 0 Å². The van der Waals surface area contributed by atoms with Gasteiger partial charge in [0.05, 0.1) is 5.92 Å². The van der Waals surface area contributed by atoms with Gasteiger partial charge in [0.1, 0.15) is 5.75 Å². The third-order valence-corrected chi connectivity index (χ3v) is 3.64. The monoisotopic (exact) mass is 269 g/mol. The van der Waals surface area contributed by atoms with Crippen LogP contribution in [0.5, 0.6) is 5.75 Å². The van der Waals surface area contributed by atoms with Gasteiger partial charge < -0.3 is 10.1 Å². The van der Waals surface area contributed by atoms with Crippen LogP contribution in [0.4, 0.5) is 14.5 Å². The Morgan fingerprint density at radius 3 is 2.58 bits per heavy atom. The van der Waals surface area contributed by atoms with Gasteiger partial charge in [0.2, 0.25) is 5.91 Å². The quantitative estimate of drug-likeness (QED) is 0.883. The number of anilines is 1. The van der Waals surface area contributed by atoms with Crippen molar-refractivity contribution in [1.29, 1.82) is 0 Å². The number of alkyl halides is 2. The van der Waals surface area contributed by atoms with Gasteiger partial charge in [-0.15, -0.1) is 0 Å². The van der Waals surface area contributed by atoms with Crippen molar-refractivity contribution in [2.24, 2.45) is 5.92 Å². The van der Waals surface area contributed by atoms with E-state index in [0.29, 0.717) is 5.69 Å². The molecular formula is C14H17F2NO2. The molecule has 0 bridgehead atoms. The smallest absolute Gasteiger partial charge is 0.387 e. The molecular weight excluding hydrogens is 252 g/mol. The molecule has 1 aromatic carbocycles. The second-order valence-corrected chi connectivity index (χ2v) is 4.67. The largest absolute Gasteiger partial charge is 0.435 e. The highest BCUT2D eigenvalue weighted by molar-refractivity contribution is 6.03. The molecule has 1 aliphatic heterocycles. The minimum atomic E-state index is -2.85. The van der Waals surface area contributed by atoms with E-state index in [2.05, 4.69) is 10.1 Å². The molecule has 1 atom stereocenters. The normalized spacial score (nSPS) is 17.8. The average molecular weight is 269 g/mol. The van der Waals surface area contributed by atoms with Gasteiger partial charge in [-0.25, -0.2) is 0 Å². The number of benzene rings is 1. The van der Waals surface area contributed by atoms with Crippen LogP contribution in [0.15, 0.2) is 18.2 Å². The molecule has 1 unspecified atom stereocenters. The molecule has 104 valence electrons. The van der Waals surface area contributed by atoms with Crippen molar-refractivity contribution in [3.05, 3.63) is 23.8 Å². The SMILES string of the molecule is CCC(CC)C1C(=O)Nc2ccc(OC(F)F)cc21. The summed E-state index contributed by atoms with van der Waals surface area (Å²) in [6.07, 6.45) is 1.74. The first-order valence-electron chi connectivity index (χ1n) is 6.46. The van der Waals surface area contributed by atoms with Gasteiger partial charge in [-0.05, 0) is 29.7 Å². The molecule has 1 aliphatic rings. The Balaban J connectivity index is 2.34.